The van der Waals surface area contributed by atoms with Gasteiger partial charge < -0.3 is 25.2 Å². The zero-order valence-electron chi connectivity index (χ0n) is 30.4. The molecule has 11 heteroatoms. The van der Waals surface area contributed by atoms with Crippen LogP contribution in [0.3, 0.4) is 0 Å². The van der Waals surface area contributed by atoms with Crippen LogP contribution < -0.4 is 5.32 Å². The average molecular weight is 721 g/mol. The highest BCUT2D eigenvalue weighted by atomic mass is 16.6. The van der Waals surface area contributed by atoms with E-state index >= 15 is 0 Å². The van der Waals surface area contributed by atoms with E-state index in [0.29, 0.717) is 18.7 Å². The van der Waals surface area contributed by atoms with E-state index in [-0.39, 0.29) is 31.7 Å². The molecule has 1 aliphatic rings. The Labute approximate surface area is 310 Å². The highest BCUT2D eigenvalue weighted by molar-refractivity contribution is 5.84. The van der Waals surface area contributed by atoms with E-state index in [9.17, 15) is 29.9 Å². The first-order valence-electron chi connectivity index (χ1n) is 17.9. The number of carbonyl (C=O) groups is 2. The highest BCUT2D eigenvalue weighted by Gasteiger charge is 2.66. The molecular weight excluding hydrogens is 672 g/mol. The maximum absolute atomic E-state index is 13.7. The predicted octanol–water partition coefficient (Wildman–Crippen LogP) is 6.83. The van der Waals surface area contributed by atoms with Crippen molar-refractivity contribution >= 4 is 23.7 Å². The van der Waals surface area contributed by atoms with Crippen molar-refractivity contribution in [1.29, 1.82) is 0 Å². The fourth-order valence-electron chi connectivity index (χ4n) is 8.01. The van der Waals surface area contributed by atoms with Crippen molar-refractivity contribution in [2.45, 2.75) is 57.7 Å². The normalized spacial score (nSPS) is 22.9. The van der Waals surface area contributed by atoms with Gasteiger partial charge in [0.05, 0.1) is 22.4 Å². The summed E-state index contributed by atoms with van der Waals surface area (Å²) in [6.45, 7) is 4.66. The van der Waals surface area contributed by atoms with Gasteiger partial charge >= 0.3 is 11.9 Å². The summed E-state index contributed by atoms with van der Waals surface area (Å²) in [4.78, 5) is 45.0. The summed E-state index contributed by atoms with van der Waals surface area (Å²) < 4.78 is 6.00. The van der Waals surface area contributed by atoms with Crippen LogP contribution in [0.5, 0.6) is 0 Å². The molecule has 53 heavy (non-hydrogen) atoms. The van der Waals surface area contributed by atoms with Crippen molar-refractivity contribution < 1.29 is 29.5 Å². The third-order valence-corrected chi connectivity index (χ3v) is 10.8. The van der Waals surface area contributed by atoms with Gasteiger partial charge in [-0.2, -0.15) is 0 Å². The van der Waals surface area contributed by atoms with Crippen LogP contribution in [0, 0.1) is 20.9 Å². The standard InChI is InChI=1S/C42H48N4O7/c1-30-41(39(47)48,20-23-45(3)29-34-10-5-4-6-11-34)38(36-14-7-15-37(27-36)46(51)52)42(40(49)50,31(2)44-30)21-25-53-24-9-13-32-16-18-33(19-17-32)26-35-12-8-22-43-28-35/h4-19,22,27-28,30-31,38,44H,20-21,23-26,29H2,1-3H3,(H,47,48)(H,49,50). The minimum atomic E-state index is -1.69. The maximum Gasteiger partial charge on any atom is 0.311 e. The number of carboxylic acid groups (broad SMARTS) is 2. The molecule has 1 saturated heterocycles. The van der Waals surface area contributed by atoms with Gasteiger partial charge in [0.25, 0.3) is 5.69 Å². The molecule has 5 unspecified atom stereocenters. The zero-order valence-corrected chi connectivity index (χ0v) is 30.4. The number of hydrogen-bond donors (Lipinski definition) is 3. The fraction of sp³-hybridized carbons (Fsp3) is 0.357. The highest BCUT2D eigenvalue weighted by Crippen LogP contribution is 2.58. The molecule has 0 spiro atoms. The van der Waals surface area contributed by atoms with Crippen molar-refractivity contribution in [3.63, 3.8) is 0 Å². The second kappa shape index (κ2) is 17.5. The summed E-state index contributed by atoms with van der Waals surface area (Å²) in [5.41, 5.74) is 1.08. The van der Waals surface area contributed by atoms with Crippen molar-refractivity contribution in [3.05, 3.63) is 147 Å². The first-order valence-corrected chi connectivity index (χ1v) is 17.9. The number of aromatic nitrogens is 1. The number of non-ortho nitro benzene ring substituents is 1. The molecule has 5 rings (SSSR count). The molecule has 5 atom stereocenters. The van der Waals surface area contributed by atoms with Crippen LogP contribution in [0.1, 0.15) is 60.4 Å². The summed E-state index contributed by atoms with van der Waals surface area (Å²) in [5, 5.41) is 37.6. The van der Waals surface area contributed by atoms with E-state index in [1.165, 1.54) is 18.2 Å². The van der Waals surface area contributed by atoms with Gasteiger partial charge in [0.2, 0.25) is 0 Å². The van der Waals surface area contributed by atoms with Crippen LogP contribution in [-0.2, 0) is 27.3 Å². The number of nitro groups is 1. The molecule has 1 aromatic heterocycles. The van der Waals surface area contributed by atoms with Gasteiger partial charge in [-0.25, -0.2) is 0 Å². The van der Waals surface area contributed by atoms with E-state index in [0.717, 1.165) is 28.7 Å². The SMILES string of the molecule is CC1NC(C)C(CCN(C)Cc2ccccc2)(C(=O)O)C(c2cccc([N+](=O)[O-])c2)C1(CCOCC=Cc1ccc(Cc2cccnc2)cc1)C(=O)O. The number of rotatable bonds is 17. The Morgan fingerprint density at radius 3 is 2.23 bits per heavy atom. The van der Waals surface area contributed by atoms with E-state index in [4.69, 9.17) is 4.74 Å². The second-order valence-corrected chi connectivity index (χ2v) is 14.1. The average Bonchev–Trinajstić information content (AvgIpc) is 3.14. The monoisotopic (exact) mass is 720 g/mol. The van der Waals surface area contributed by atoms with Crippen molar-refractivity contribution in [2.24, 2.45) is 10.8 Å². The molecule has 0 radical (unpaired) electrons. The Hall–Kier alpha value is -5.23. The number of hydrogen-bond acceptors (Lipinski definition) is 8. The van der Waals surface area contributed by atoms with Crippen LogP contribution in [0.2, 0.25) is 0 Å². The van der Waals surface area contributed by atoms with Gasteiger partial charge in [0, 0.05) is 55.7 Å². The van der Waals surface area contributed by atoms with Crippen molar-refractivity contribution in [1.82, 2.24) is 15.2 Å². The molecule has 0 amide bonds. The third-order valence-electron chi connectivity index (χ3n) is 10.8. The lowest BCUT2D eigenvalue weighted by Crippen LogP contribution is -2.70. The predicted molar refractivity (Wildman–Crippen MR) is 203 cm³/mol. The lowest BCUT2D eigenvalue weighted by molar-refractivity contribution is -0.385. The Balaban J connectivity index is 1.39. The number of piperidine rings is 1. The minimum absolute atomic E-state index is 0.0239. The van der Waals surface area contributed by atoms with Gasteiger partial charge in [-0.1, -0.05) is 84.9 Å². The lowest BCUT2D eigenvalue weighted by atomic mass is 9.49. The molecule has 3 aromatic carbocycles. The molecule has 11 nitrogen and oxygen atoms in total. The van der Waals surface area contributed by atoms with Crippen molar-refractivity contribution in [2.75, 3.05) is 26.8 Å². The number of pyridine rings is 1. The Morgan fingerprint density at radius 1 is 0.906 bits per heavy atom. The van der Waals surface area contributed by atoms with Gasteiger partial charge in [0.15, 0.2) is 0 Å². The Kier molecular flexibility index (Phi) is 12.9. The molecule has 4 aromatic rings. The molecule has 0 saturated carbocycles. The van der Waals surface area contributed by atoms with Crippen LogP contribution in [0.4, 0.5) is 5.69 Å². The van der Waals surface area contributed by atoms with Crippen LogP contribution in [0.25, 0.3) is 6.08 Å². The smallest absolute Gasteiger partial charge is 0.311 e. The summed E-state index contributed by atoms with van der Waals surface area (Å²) in [7, 11) is 1.90. The van der Waals surface area contributed by atoms with Crippen LogP contribution in [-0.4, -0.2) is 75.8 Å². The second-order valence-electron chi connectivity index (χ2n) is 14.1. The zero-order chi connectivity index (χ0) is 38.0. The van der Waals surface area contributed by atoms with E-state index in [1.807, 2.05) is 84.9 Å². The Bertz CT molecular complexity index is 1870. The number of aliphatic carboxylic acids is 2. The molecule has 1 fully saturated rings. The largest absolute Gasteiger partial charge is 0.481 e. The summed E-state index contributed by atoms with van der Waals surface area (Å²) >= 11 is 0. The summed E-state index contributed by atoms with van der Waals surface area (Å²) in [5.74, 6) is -3.48. The molecule has 2 heterocycles. The van der Waals surface area contributed by atoms with E-state index in [2.05, 4.69) is 22.4 Å². The number of carboxylic acids is 2. The maximum atomic E-state index is 13.7. The van der Waals surface area contributed by atoms with E-state index in [1.54, 1.807) is 26.1 Å². The van der Waals surface area contributed by atoms with Crippen LogP contribution >= 0.6 is 0 Å². The molecular formula is C42H48N4O7. The van der Waals surface area contributed by atoms with Crippen molar-refractivity contribution in [3.8, 4) is 0 Å². The number of nitrogens with zero attached hydrogens (tertiary/aromatic N) is 3. The van der Waals surface area contributed by atoms with Gasteiger partial charge in [0.1, 0.15) is 0 Å². The summed E-state index contributed by atoms with van der Waals surface area (Å²) in [6, 6.07) is 26.3. The molecule has 278 valence electrons. The van der Waals surface area contributed by atoms with Gasteiger partial charge in [-0.3, -0.25) is 24.7 Å². The molecule has 0 bridgehead atoms. The number of benzene rings is 3. The number of nitro benzene ring substituents is 1. The lowest BCUT2D eigenvalue weighted by Gasteiger charge is -2.57. The number of nitrogens with one attached hydrogen (secondary N) is 1. The quantitative estimate of drug-likeness (QED) is 0.0601. The van der Waals surface area contributed by atoms with E-state index < -0.39 is 45.7 Å². The topological polar surface area (TPSA) is 155 Å². The number of ether oxygens (including phenoxy) is 1. The Morgan fingerprint density at radius 2 is 1.58 bits per heavy atom. The van der Waals surface area contributed by atoms with Crippen LogP contribution in [0.15, 0.2) is 109 Å². The third kappa shape index (κ3) is 8.88. The molecule has 1 aliphatic heterocycles. The van der Waals surface area contributed by atoms with Gasteiger partial charge in [-0.05, 0) is 80.6 Å². The summed E-state index contributed by atoms with van der Waals surface area (Å²) in [6.07, 6.45) is 8.24. The molecule has 0 aliphatic carbocycles. The molecule has 3 N–H and O–H groups in total. The van der Waals surface area contributed by atoms with Gasteiger partial charge in [-0.15, -0.1) is 0 Å². The first kappa shape index (κ1) is 39.0. The minimum Gasteiger partial charge on any atom is -0.481 e. The fourth-order valence-corrected chi connectivity index (χ4v) is 8.01. The first-order chi connectivity index (χ1) is 25.5.